The van der Waals surface area contributed by atoms with Crippen molar-refractivity contribution in [3.63, 3.8) is 0 Å². The van der Waals surface area contributed by atoms with E-state index >= 15 is 0 Å². The fraction of sp³-hybridized carbons (Fsp3) is 0.125. The van der Waals surface area contributed by atoms with E-state index in [0.717, 1.165) is 55.3 Å². The first-order chi connectivity index (χ1) is 26.3. The number of rotatable bonds is 7. The van der Waals surface area contributed by atoms with Crippen LogP contribution in [0.15, 0.2) is 133 Å². The van der Waals surface area contributed by atoms with Gasteiger partial charge in [0.15, 0.2) is 11.6 Å². The van der Waals surface area contributed by atoms with E-state index in [4.69, 9.17) is 24.4 Å². The van der Waals surface area contributed by atoms with E-state index in [1.54, 1.807) is 11.3 Å². The smallest absolute Gasteiger partial charge is 0.162 e. The number of nitrogens with zero attached hydrogens (tertiary/aromatic N) is 4. The molecule has 0 bridgehead atoms. The SMILES string of the molecule is C=C/C=C(/c1ncc(-c2ccc3c(c2)C(C)(C)c2cc(-c4cnc(-c5cccc6c5oc5ccccc56)nc4)ccc2-3)cn1)c1sc(/C=C\C)c(C)c1C. The summed E-state index contributed by atoms with van der Waals surface area (Å²) >= 11 is 1.77. The summed E-state index contributed by atoms with van der Waals surface area (Å²) in [6.45, 7) is 15.0. The van der Waals surface area contributed by atoms with Crippen LogP contribution in [0.4, 0.5) is 0 Å². The first-order valence-electron chi connectivity index (χ1n) is 18.2. The van der Waals surface area contributed by atoms with Gasteiger partial charge in [-0.05, 0) is 95.6 Å². The Bertz CT molecular complexity index is 2830. The highest BCUT2D eigenvalue weighted by atomic mass is 32.1. The first-order valence-corrected chi connectivity index (χ1v) is 19.0. The highest BCUT2D eigenvalue weighted by molar-refractivity contribution is 7.14. The molecule has 54 heavy (non-hydrogen) atoms. The molecule has 8 aromatic rings. The summed E-state index contributed by atoms with van der Waals surface area (Å²) in [5.74, 6) is 1.34. The monoisotopic (exact) mass is 718 g/mol. The maximum atomic E-state index is 6.25. The van der Waals surface area contributed by atoms with Gasteiger partial charge in [0, 0.05) is 67.4 Å². The molecule has 262 valence electrons. The summed E-state index contributed by atoms with van der Waals surface area (Å²) in [6, 6.07) is 27.7. The van der Waals surface area contributed by atoms with Crippen LogP contribution in [0, 0.1) is 13.8 Å². The fourth-order valence-corrected chi connectivity index (χ4v) is 9.11. The summed E-state index contributed by atoms with van der Waals surface area (Å²) in [4.78, 5) is 21.9. The molecule has 9 rings (SSSR count). The lowest BCUT2D eigenvalue weighted by Gasteiger charge is -2.22. The predicted octanol–water partition coefficient (Wildman–Crippen LogP) is 12.8. The first kappa shape index (κ1) is 33.6. The topological polar surface area (TPSA) is 64.7 Å². The van der Waals surface area contributed by atoms with Crippen molar-refractivity contribution in [2.75, 3.05) is 0 Å². The van der Waals surface area contributed by atoms with Crippen molar-refractivity contribution in [1.29, 1.82) is 0 Å². The number of para-hydroxylation sites is 2. The van der Waals surface area contributed by atoms with Gasteiger partial charge in [-0.3, -0.25) is 0 Å². The number of aromatic nitrogens is 4. The lowest BCUT2D eigenvalue weighted by molar-refractivity contribution is 0.661. The number of fused-ring (bicyclic) bond motifs is 6. The van der Waals surface area contributed by atoms with Crippen LogP contribution in [-0.2, 0) is 5.41 Å². The van der Waals surface area contributed by atoms with Gasteiger partial charge in [-0.25, -0.2) is 19.9 Å². The molecule has 0 atom stereocenters. The number of allylic oxidation sites excluding steroid dienone is 3. The molecule has 5 nitrogen and oxygen atoms in total. The molecule has 1 aliphatic rings. The van der Waals surface area contributed by atoms with Gasteiger partial charge >= 0.3 is 0 Å². The second-order valence-electron chi connectivity index (χ2n) is 14.4. The second kappa shape index (κ2) is 13.0. The van der Waals surface area contributed by atoms with Gasteiger partial charge in [-0.2, -0.15) is 0 Å². The molecule has 0 aliphatic heterocycles. The van der Waals surface area contributed by atoms with Gasteiger partial charge in [-0.1, -0.05) is 93.3 Å². The largest absolute Gasteiger partial charge is 0.455 e. The molecule has 0 unspecified atom stereocenters. The van der Waals surface area contributed by atoms with E-state index in [1.807, 2.05) is 74.2 Å². The molecule has 0 radical (unpaired) electrons. The van der Waals surface area contributed by atoms with Crippen LogP contribution < -0.4 is 0 Å². The zero-order valence-electron chi connectivity index (χ0n) is 30.9. The molecule has 4 aromatic carbocycles. The Labute approximate surface area is 319 Å². The average Bonchev–Trinajstić information content (AvgIpc) is 3.80. The number of hydrogen-bond donors (Lipinski definition) is 0. The fourth-order valence-electron chi connectivity index (χ4n) is 7.81. The van der Waals surface area contributed by atoms with Gasteiger partial charge in [-0.15, -0.1) is 11.3 Å². The molecule has 0 saturated heterocycles. The molecule has 4 heterocycles. The van der Waals surface area contributed by atoms with Crippen molar-refractivity contribution in [2.45, 2.75) is 40.0 Å². The van der Waals surface area contributed by atoms with E-state index in [1.165, 1.54) is 43.1 Å². The zero-order valence-corrected chi connectivity index (χ0v) is 31.8. The van der Waals surface area contributed by atoms with Crippen LogP contribution in [-0.4, -0.2) is 19.9 Å². The molecule has 1 aliphatic carbocycles. The summed E-state index contributed by atoms with van der Waals surface area (Å²) in [5, 5.41) is 2.16. The Hall–Kier alpha value is -6.24. The standard InChI is InChI=1S/C48H38N4OS/c1-7-12-39(45-29(4)28(3)43(54-45)13-8-2)47-51-26-33(27-52-47)31-19-21-35-34-20-18-30(22-40(34)48(5,6)41(35)23-31)32-24-49-46(50-25-32)38-16-11-15-37-36-14-9-10-17-42(36)53-44(37)38/h7-27H,1H2,2-6H3/b13-8-,39-12+. The third-order valence-electron chi connectivity index (χ3n) is 10.9. The van der Waals surface area contributed by atoms with Crippen molar-refractivity contribution in [3.8, 4) is 44.8 Å². The molecular weight excluding hydrogens is 681 g/mol. The Balaban J connectivity index is 1.00. The third-order valence-corrected chi connectivity index (χ3v) is 12.3. The van der Waals surface area contributed by atoms with Crippen molar-refractivity contribution in [1.82, 2.24) is 19.9 Å². The van der Waals surface area contributed by atoms with Crippen molar-refractivity contribution in [3.05, 3.63) is 166 Å². The molecule has 0 N–H and O–H groups in total. The van der Waals surface area contributed by atoms with E-state index in [2.05, 4.69) is 95.0 Å². The van der Waals surface area contributed by atoms with Gasteiger partial charge in [0.05, 0.1) is 5.56 Å². The highest BCUT2D eigenvalue weighted by Crippen LogP contribution is 2.50. The van der Waals surface area contributed by atoms with Crippen molar-refractivity contribution < 1.29 is 4.42 Å². The maximum absolute atomic E-state index is 6.25. The van der Waals surface area contributed by atoms with E-state index in [0.29, 0.717) is 11.6 Å². The minimum atomic E-state index is -0.214. The van der Waals surface area contributed by atoms with Gasteiger partial charge in [0.25, 0.3) is 0 Å². The molecule has 0 spiro atoms. The summed E-state index contributed by atoms with van der Waals surface area (Å²) in [6.07, 6.45) is 15.8. The lowest BCUT2D eigenvalue weighted by atomic mass is 9.81. The van der Waals surface area contributed by atoms with Crippen LogP contribution >= 0.6 is 11.3 Å². The van der Waals surface area contributed by atoms with E-state index in [-0.39, 0.29) is 5.41 Å². The lowest BCUT2D eigenvalue weighted by Crippen LogP contribution is -2.15. The minimum Gasteiger partial charge on any atom is -0.455 e. The van der Waals surface area contributed by atoms with E-state index < -0.39 is 0 Å². The predicted molar refractivity (Wildman–Crippen MR) is 225 cm³/mol. The molecule has 0 saturated carbocycles. The average molecular weight is 719 g/mol. The number of hydrogen-bond acceptors (Lipinski definition) is 6. The number of thiophene rings is 1. The Morgan fingerprint density at radius 1 is 0.704 bits per heavy atom. The van der Waals surface area contributed by atoms with Gasteiger partial charge in [0.2, 0.25) is 0 Å². The van der Waals surface area contributed by atoms with Crippen molar-refractivity contribution >= 4 is 44.9 Å². The molecule has 0 fully saturated rings. The Morgan fingerprint density at radius 3 is 1.98 bits per heavy atom. The van der Waals surface area contributed by atoms with Gasteiger partial charge in [0.1, 0.15) is 11.2 Å². The zero-order chi connectivity index (χ0) is 37.1. The second-order valence-corrected chi connectivity index (χ2v) is 15.4. The summed E-state index contributed by atoms with van der Waals surface area (Å²) in [7, 11) is 0. The number of benzene rings is 4. The normalized spacial score (nSPS) is 13.5. The van der Waals surface area contributed by atoms with Crippen LogP contribution in [0.1, 0.15) is 58.6 Å². The van der Waals surface area contributed by atoms with E-state index in [9.17, 15) is 0 Å². The Morgan fingerprint density at radius 2 is 1.33 bits per heavy atom. The minimum absolute atomic E-state index is 0.214. The number of furan rings is 1. The molecular formula is C48H38N4OS. The van der Waals surface area contributed by atoms with Crippen LogP contribution in [0.3, 0.4) is 0 Å². The van der Waals surface area contributed by atoms with Crippen molar-refractivity contribution in [2.24, 2.45) is 0 Å². The quantitative estimate of drug-likeness (QED) is 0.154. The molecule has 0 amide bonds. The maximum Gasteiger partial charge on any atom is 0.162 e. The Kier molecular flexibility index (Phi) is 8.09. The third kappa shape index (κ3) is 5.36. The summed E-state index contributed by atoms with van der Waals surface area (Å²) in [5.41, 5.74) is 15.1. The highest BCUT2D eigenvalue weighted by Gasteiger charge is 2.36. The molecule has 6 heteroatoms. The van der Waals surface area contributed by atoms with Crippen LogP contribution in [0.25, 0.3) is 78.4 Å². The van der Waals surface area contributed by atoms with Crippen LogP contribution in [0.5, 0.6) is 0 Å². The summed E-state index contributed by atoms with van der Waals surface area (Å²) < 4.78 is 6.25. The molecule has 4 aromatic heterocycles. The van der Waals surface area contributed by atoms with Gasteiger partial charge < -0.3 is 4.42 Å². The van der Waals surface area contributed by atoms with Crippen LogP contribution in [0.2, 0.25) is 0 Å².